The van der Waals surface area contributed by atoms with Gasteiger partial charge in [0.15, 0.2) is 0 Å². The van der Waals surface area contributed by atoms with Gasteiger partial charge in [-0.15, -0.1) is 0 Å². The van der Waals surface area contributed by atoms with Crippen LogP contribution < -0.4 is 10.6 Å². The minimum atomic E-state index is 0.389. The Morgan fingerprint density at radius 2 is 2.20 bits per heavy atom. The molecule has 4 heteroatoms. The Bertz CT molecular complexity index is 476. The summed E-state index contributed by atoms with van der Waals surface area (Å²) in [5.41, 5.74) is 7.79. The minimum Gasteiger partial charge on any atom is -0.389 e. The van der Waals surface area contributed by atoms with Gasteiger partial charge in [0.2, 0.25) is 0 Å². The second kappa shape index (κ2) is 7.28. The van der Waals surface area contributed by atoms with Crippen LogP contribution in [-0.4, -0.2) is 18.1 Å². The summed E-state index contributed by atoms with van der Waals surface area (Å²) in [6.07, 6.45) is 6.42. The molecule has 2 rings (SSSR count). The van der Waals surface area contributed by atoms with Crippen molar-refractivity contribution >= 4 is 34.5 Å². The van der Waals surface area contributed by atoms with E-state index in [1.54, 1.807) is 0 Å². The molecule has 0 amide bonds. The number of hydrogen-bond donors (Lipinski definition) is 1. The summed E-state index contributed by atoms with van der Waals surface area (Å²) in [4.78, 5) is 2.79. The van der Waals surface area contributed by atoms with Gasteiger partial charge in [0, 0.05) is 18.8 Å². The van der Waals surface area contributed by atoms with E-state index in [4.69, 9.17) is 29.6 Å². The molecule has 2 nitrogen and oxygen atoms in total. The van der Waals surface area contributed by atoms with Crippen molar-refractivity contribution in [2.75, 3.05) is 18.0 Å². The van der Waals surface area contributed by atoms with Gasteiger partial charge < -0.3 is 10.6 Å². The van der Waals surface area contributed by atoms with E-state index in [0.717, 1.165) is 30.3 Å². The number of anilines is 1. The topological polar surface area (TPSA) is 29.3 Å². The van der Waals surface area contributed by atoms with Gasteiger partial charge in [-0.05, 0) is 37.3 Å². The third-order valence-electron chi connectivity index (χ3n) is 4.12. The fraction of sp³-hybridized carbons (Fsp3) is 0.562. The lowest BCUT2D eigenvalue weighted by atomic mass is 9.96. The zero-order valence-electron chi connectivity index (χ0n) is 12.1. The van der Waals surface area contributed by atoms with Gasteiger partial charge in [-0.25, -0.2) is 0 Å². The van der Waals surface area contributed by atoms with Gasteiger partial charge in [-0.3, -0.25) is 0 Å². The fourth-order valence-corrected chi connectivity index (χ4v) is 3.67. The molecule has 0 aliphatic carbocycles. The molecule has 110 valence electrons. The van der Waals surface area contributed by atoms with Crippen LogP contribution in [0.25, 0.3) is 0 Å². The van der Waals surface area contributed by atoms with Crippen LogP contribution in [-0.2, 0) is 0 Å². The molecule has 1 aromatic rings. The summed E-state index contributed by atoms with van der Waals surface area (Å²) >= 11 is 11.4. The van der Waals surface area contributed by atoms with Gasteiger partial charge in [-0.1, -0.05) is 49.7 Å². The Balaban J connectivity index is 2.20. The molecule has 0 bridgehead atoms. The van der Waals surface area contributed by atoms with E-state index < -0.39 is 0 Å². The Morgan fingerprint density at radius 1 is 1.40 bits per heavy atom. The van der Waals surface area contributed by atoms with Crippen molar-refractivity contribution in [1.82, 2.24) is 0 Å². The highest BCUT2D eigenvalue weighted by molar-refractivity contribution is 7.80. The van der Waals surface area contributed by atoms with Crippen molar-refractivity contribution in [3.8, 4) is 0 Å². The van der Waals surface area contributed by atoms with Crippen molar-refractivity contribution in [3.63, 3.8) is 0 Å². The van der Waals surface area contributed by atoms with E-state index in [2.05, 4.69) is 17.9 Å². The molecule has 1 unspecified atom stereocenters. The number of hydrogen-bond acceptors (Lipinski definition) is 2. The SMILES string of the molecule is CCCC1CCCN(c2cccc(Cl)c2C(N)=S)CC1. The lowest BCUT2D eigenvalue weighted by Crippen LogP contribution is -2.27. The molecule has 1 atom stereocenters. The van der Waals surface area contributed by atoms with Crippen LogP contribution >= 0.6 is 23.8 Å². The predicted molar refractivity (Wildman–Crippen MR) is 91.8 cm³/mol. The number of nitrogens with two attached hydrogens (primary N) is 1. The van der Waals surface area contributed by atoms with Crippen molar-refractivity contribution in [2.24, 2.45) is 11.7 Å². The van der Waals surface area contributed by atoms with Crippen LogP contribution in [0.4, 0.5) is 5.69 Å². The van der Waals surface area contributed by atoms with Crippen molar-refractivity contribution in [1.29, 1.82) is 0 Å². The molecule has 2 N–H and O–H groups in total. The van der Waals surface area contributed by atoms with Crippen molar-refractivity contribution < 1.29 is 0 Å². The van der Waals surface area contributed by atoms with E-state index in [-0.39, 0.29) is 0 Å². The van der Waals surface area contributed by atoms with Crippen LogP contribution in [0.5, 0.6) is 0 Å². The molecule has 1 heterocycles. The van der Waals surface area contributed by atoms with E-state index in [1.165, 1.54) is 32.1 Å². The van der Waals surface area contributed by atoms with E-state index in [0.29, 0.717) is 10.0 Å². The Kier molecular flexibility index (Phi) is 5.67. The van der Waals surface area contributed by atoms with Crippen LogP contribution in [0.15, 0.2) is 18.2 Å². The Morgan fingerprint density at radius 3 is 2.90 bits per heavy atom. The number of thiocarbonyl (C=S) groups is 1. The quantitative estimate of drug-likeness (QED) is 0.837. The maximum Gasteiger partial charge on any atom is 0.107 e. The monoisotopic (exact) mass is 310 g/mol. The lowest BCUT2D eigenvalue weighted by Gasteiger charge is -2.26. The van der Waals surface area contributed by atoms with Gasteiger partial charge in [-0.2, -0.15) is 0 Å². The molecule has 1 saturated heterocycles. The second-order valence-corrected chi connectivity index (χ2v) is 6.42. The summed E-state index contributed by atoms with van der Waals surface area (Å²) in [5, 5.41) is 0.657. The number of halogens is 1. The third kappa shape index (κ3) is 3.64. The first-order valence-corrected chi connectivity index (χ1v) is 8.25. The first-order chi connectivity index (χ1) is 9.63. The van der Waals surface area contributed by atoms with Crippen LogP contribution in [0.1, 0.15) is 44.6 Å². The van der Waals surface area contributed by atoms with Crippen molar-refractivity contribution in [2.45, 2.75) is 39.0 Å². The van der Waals surface area contributed by atoms with Crippen LogP contribution in [0.2, 0.25) is 5.02 Å². The van der Waals surface area contributed by atoms with E-state index >= 15 is 0 Å². The Labute approximate surface area is 132 Å². The Hall–Kier alpha value is -0.800. The van der Waals surface area contributed by atoms with Crippen LogP contribution in [0, 0.1) is 5.92 Å². The molecule has 0 aromatic heterocycles. The molecule has 1 aliphatic rings. The second-order valence-electron chi connectivity index (χ2n) is 5.57. The first-order valence-electron chi connectivity index (χ1n) is 7.46. The predicted octanol–water partition coefficient (Wildman–Crippen LogP) is 4.38. The van der Waals surface area contributed by atoms with Gasteiger partial charge in [0.05, 0.1) is 10.6 Å². The normalized spacial score (nSPS) is 19.7. The molecular weight excluding hydrogens is 288 g/mol. The lowest BCUT2D eigenvalue weighted by molar-refractivity contribution is 0.435. The summed E-state index contributed by atoms with van der Waals surface area (Å²) in [7, 11) is 0. The zero-order chi connectivity index (χ0) is 14.5. The minimum absolute atomic E-state index is 0.389. The number of rotatable bonds is 4. The summed E-state index contributed by atoms with van der Waals surface area (Å²) < 4.78 is 0. The summed E-state index contributed by atoms with van der Waals surface area (Å²) in [5.74, 6) is 0.859. The standard InChI is InChI=1S/C16H23ClN2S/c1-2-5-12-6-4-10-19(11-9-12)14-8-3-7-13(17)15(14)16(18)20/h3,7-8,12H,2,4-6,9-11H2,1H3,(H2,18,20). The van der Waals surface area contributed by atoms with E-state index in [1.807, 2.05) is 12.1 Å². The highest BCUT2D eigenvalue weighted by Crippen LogP contribution is 2.31. The number of nitrogens with zero attached hydrogens (tertiary/aromatic N) is 1. The van der Waals surface area contributed by atoms with Gasteiger partial charge in [0.25, 0.3) is 0 Å². The molecular formula is C16H23ClN2S. The van der Waals surface area contributed by atoms with E-state index in [9.17, 15) is 0 Å². The molecule has 0 spiro atoms. The smallest absolute Gasteiger partial charge is 0.107 e. The fourth-order valence-electron chi connectivity index (χ4n) is 3.12. The maximum atomic E-state index is 6.27. The summed E-state index contributed by atoms with van der Waals surface area (Å²) in [6.45, 7) is 4.40. The molecule has 1 aliphatic heterocycles. The van der Waals surface area contributed by atoms with Gasteiger partial charge in [0.1, 0.15) is 4.99 Å². The molecule has 1 fully saturated rings. The average molecular weight is 311 g/mol. The maximum absolute atomic E-state index is 6.27. The zero-order valence-corrected chi connectivity index (χ0v) is 13.6. The number of benzene rings is 1. The molecule has 1 aromatic carbocycles. The molecule has 0 radical (unpaired) electrons. The molecule has 0 saturated carbocycles. The van der Waals surface area contributed by atoms with Crippen LogP contribution in [0.3, 0.4) is 0 Å². The summed E-state index contributed by atoms with van der Waals surface area (Å²) in [6, 6.07) is 5.92. The largest absolute Gasteiger partial charge is 0.389 e. The van der Waals surface area contributed by atoms with Crippen molar-refractivity contribution in [3.05, 3.63) is 28.8 Å². The van der Waals surface area contributed by atoms with Gasteiger partial charge >= 0.3 is 0 Å². The third-order valence-corrected chi connectivity index (χ3v) is 4.64. The highest BCUT2D eigenvalue weighted by atomic mass is 35.5. The average Bonchev–Trinajstić information content (AvgIpc) is 2.64. The first kappa shape index (κ1) is 15.6. The highest BCUT2D eigenvalue weighted by Gasteiger charge is 2.20. The molecule has 20 heavy (non-hydrogen) atoms.